The molecule has 0 bridgehead atoms. The van der Waals surface area contributed by atoms with Crippen LogP contribution in [0.25, 0.3) is 0 Å². The van der Waals surface area contributed by atoms with E-state index in [0.29, 0.717) is 12.8 Å². The summed E-state index contributed by atoms with van der Waals surface area (Å²) in [5, 5.41) is -0.0896. The first-order valence-corrected chi connectivity index (χ1v) is 7.70. The van der Waals surface area contributed by atoms with Crippen molar-refractivity contribution in [2.24, 2.45) is 0 Å². The zero-order valence-corrected chi connectivity index (χ0v) is 11.0. The van der Waals surface area contributed by atoms with Crippen molar-refractivity contribution in [3.63, 3.8) is 0 Å². The minimum absolute atomic E-state index is 0.0896. The molecule has 2 nitrogen and oxygen atoms in total. The van der Waals surface area contributed by atoms with Crippen LogP contribution in [-0.2, 0) is 9.84 Å². The van der Waals surface area contributed by atoms with E-state index in [4.69, 9.17) is 11.6 Å². The second kappa shape index (κ2) is 6.26. The van der Waals surface area contributed by atoms with Gasteiger partial charge in [-0.05, 0) is 18.4 Å². The van der Waals surface area contributed by atoms with E-state index in [0.717, 1.165) is 5.56 Å². The Bertz CT molecular complexity index is 400. The summed E-state index contributed by atoms with van der Waals surface area (Å²) in [6.45, 7) is 1.67. The summed E-state index contributed by atoms with van der Waals surface area (Å²) in [6.07, 6.45) is 1.32. The number of benzene rings is 1. The van der Waals surface area contributed by atoms with Crippen LogP contribution in [0.3, 0.4) is 0 Å². The Hall–Kier alpha value is -0.540. The van der Waals surface area contributed by atoms with Crippen molar-refractivity contribution in [1.29, 1.82) is 0 Å². The van der Waals surface area contributed by atoms with Crippen LogP contribution >= 0.6 is 11.6 Å². The van der Waals surface area contributed by atoms with Gasteiger partial charge < -0.3 is 0 Å². The Balaban J connectivity index is 2.40. The standard InChI is InChI=1S/C12H17ClO2S/c1-2-16(14,15)10-6-9-12(13)11-7-4-3-5-8-11/h3-5,7-8,12H,2,6,9-10H2,1H3. The fraction of sp³-hybridized carbons (Fsp3) is 0.500. The molecule has 1 aromatic rings. The molecule has 1 unspecified atom stereocenters. The van der Waals surface area contributed by atoms with Gasteiger partial charge in [-0.1, -0.05) is 37.3 Å². The second-order valence-electron chi connectivity index (χ2n) is 3.76. The van der Waals surface area contributed by atoms with E-state index in [1.165, 1.54) is 0 Å². The number of hydrogen-bond acceptors (Lipinski definition) is 2. The summed E-state index contributed by atoms with van der Waals surface area (Å²) in [5.41, 5.74) is 1.05. The zero-order valence-electron chi connectivity index (χ0n) is 9.40. The highest BCUT2D eigenvalue weighted by Crippen LogP contribution is 2.25. The maximum absolute atomic E-state index is 11.3. The topological polar surface area (TPSA) is 34.1 Å². The summed E-state index contributed by atoms with van der Waals surface area (Å²) in [7, 11) is -2.86. The molecule has 1 aromatic carbocycles. The second-order valence-corrected chi connectivity index (χ2v) is 6.76. The molecule has 0 heterocycles. The lowest BCUT2D eigenvalue weighted by molar-refractivity contribution is 0.592. The molecule has 0 aliphatic heterocycles. The van der Waals surface area contributed by atoms with Gasteiger partial charge in [0.05, 0.1) is 11.1 Å². The van der Waals surface area contributed by atoms with Gasteiger partial charge >= 0.3 is 0 Å². The Kier molecular flexibility index (Phi) is 5.29. The lowest BCUT2D eigenvalue weighted by Gasteiger charge is -2.09. The van der Waals surface area contributed by atoms with E-state index in [1.807, 2.05) is 30.3 Å². The van der Waals surface area contributed by atoms with Crippen LogP contribution < -0.4 is 0 Å². The van der Waals surface area contributed by atoms with Gasteiger partial charge in [-0.15, -0.1) is 11.6 Å². The van der Waals surface area contributed by atoms with E-state index in [-0.39, 0.29) is 16.9 Å². The molecule has 1 rings (SSSR count). The van der Waals surface area contributed by atoms with Gasteiger partial charge in [0.15, 0.2) is 0 Å². The predicted molar refractivity (Wildman–Crippen MR) is 68.6 cm³/mol. The SMILES string of the molecule is CCS(=O)(=O)CCCC(Cl)c1ccccc1. The maximum Gasteiger partial charge on any atom is 0.150 e. The lowest BCUT2D eigenvalue weighted by atomic mass is 10.1. The first kappa shape index (κ1) is 13.5. The lowest BCUT2D eigenvalue weighted by Crippen LogP contribution is -2.09. The number of alkyl halides is 1. The molecular weight excluding hydrogens is 244 g/mol. The molecule has 0 aromatic heterocycles. The van der Waals surface area contributed by atoms with Gasteiger partial charge in [0.1, 0.15) is 9.84 Å². The molecule has 16 heavy (non-hydrogen) atoms. The normalized spacial score (nSPS) is 13.6. The summed E-state index contributed by atoms with van der Waals surface area (Å²) >= 11 is 6.18. The quantitative estimate of drug-likeness (QED) is 0.736. The molecule has 0 radical (unpaired) electrons. The van der Waals surface area contributed by atoms with E-state index in [1.54, 1.807) is 6.92 Å². The van der Waals surface area contributed by atoms with Gasteiger partial charge in [-0.25, -0.2) is 8.42 Å². The smallest absolute Gasteiger partial charge is 0.150 e. The van der Waals surface area contributed by atoms with E-state index in [9.17, 15) is 8.42 Å². The Labute approximate surface area is 103 Å². The number of hydrogen-bond donors (Lipinski definition) is 0. The van der Waals surface area contributed by atoms with Crippen LogP contribution in [-0.4, -0.2) is 19.9 Å². The zero-order chi connectivity index (χ0) is 12.0. The van der Waals surface area contributed by atoms with Crippen molar-refractivity contribution >= 4 is 21.4 Å². The maximum atomic E-state index is 11.3. The molecule has 0 aliphatic carbocycles. The highest BCUT2D eigenvalue weighted by atomic mass is 35.5. The van der Waals surface area contributed by atoms with E-state index >= 15 is 0 Å². The summed E-state index contributed by atoms with van der Waals surface area (Å²) in [5.74, 6) is 0.449. The molecular formula is C12H17ClO2S. The Morgan fingerprint density at radius 2 is 1.88 bits per heavy atom. The molecule has 0 fully saturated rings. The van der Waals surface area contributed by atoms with Crippen molar-refractivity contribution in [3.05, 3.63) is 35.9 Å². The van der Waals surface area contributed by atoms with Crippen molar-refractivity contribution in [1.82, 2.24) is 0 Å². The molecule has 0 saturated heterocycles. The summed E-state index contributed by atoms with van der Waals surface area (Å²) in [6, 6.07) is 9.74. The van der Waals surface area contributed by atoms with Crippen molar-refractivity contribution in [2.75, 3.05) is 11.5 Å². The molecule has 90 valence electrons. The van der Waals surface area contributed by atoms with Gasteiger partial charge in [0.25, 0.3) is 0 Å². The molecule has 1 atom stereocenters. The highest BCUT2D eigenvalue weighted by molar-refractivity contribution is 7.91. The Morgan fingerprint density at radius 1 is 1.25 bits per heavy atom. The molecule has 0 aliphatic rings. The number of rotatable bonds is 6. The summed E-state index contributed by atoms with van der Waals surface area (Å²) < 4.78 is 22.5. The van der Waals surface area contributed by atoms with Crippen LogP contribution in [0.4, 0.5) is 0 Å². The average molecular weight is 261 g/mol. The third kappa shape index (κ3) is 4.54. The van der Waals surface area contributed by atoms with Crippen LogP contribution in [0, 0.1) is 0 Å². The van der Waals surface area contributed by atoms with Crippen LogP contribution in [0.15, 0.2) is 30.3 Å². The van der Waals surface area contributed by atoms with Gasteiger partial charge in [0, 0.05) is 5.75 Å². The van der Waals surface area contributed by atoms with Crippen molar-refractivity contribution in [3.8, 4) is 0 Å². The van der Waals surface area contributed by atoms with Crippen LogP contribution in [0.1, 0.15) is 30.7 Å². The predicted octanol–water partition coefficient (Wildman–Crippen LogP) is 3.18. The van der Waals surface area contributed by atoms with E-state index < -0.39 is 9.84 Å². The Morgan fingerprint density at radius 3 is 2.44 bits per heavy atom. The fourth-order valence-corrected chi connectivity index (χ4v) is 2.65. The van der Waals surface area contributed by atoms with Gasteiger partial charge in [-0.2, -0.15) is 0 Å². The molecule has 0 amide bonds. The van der Waals surface area contributed by atoms with Crippen molar-refractivity contribution < 1.29 is 8.42 Å². The number of halogens is 1. The average Bonchev–Trinajstić information content (AvgIpc) is 2.30. The third-order valence-corrected chi connectivity index (χ3v) is 4.77. The molecule has 0 spiro atoms. The minimum Gasteiger partial charge on any atom is -0.229 e. The van der Waals surface area contributed by atoms with Crippen LogP contribution in [0.2, 0.25) is 0 Å². The highest BCUT2D eigenvalue weighted by Gasteiger charge is 2.11. The number of sulfone groups is 1. The van der Waals surface area contributed by atoms with Gasteiger partial charge in [-0.3, -0.25) is 0 Å². The largest absolute Gasteiger partial charge is 0.229 e. The first-order valence-electron chi connectivity index (χ1n) is 5.44. The third-order valence-electron chi connectivity index (χ3n) is 2.51. The summed E-state index contributed by atoms with van der Waals surface area (Å²) in [4.78, 5) is 0. The van der Waals surface area contributed by atoms with E-state index in [2.05, 4.69) is 0 Å². The van der Waals surface area contributed by atoms with Crippen LogP contribution in [0.5, 0.6) is 0 Å². The minimum atomic E-state index is -2.86. The molecule has 0 saturated carbocycles. The van der Waals surface area contributed by atoms with Crippen molar-refractivity contribution in [2.45, 2.75) is 25.1 Å². The molecule has 0 N–H and O–H groups in total. The fourth-order valence-electron chi connectivity index (χ4n) is 1.46. The van der Waals surface area contributed by atoms with Gasteiger partial charge in [0.2, 0.25) is 0 Å². The monoisotopic (exact) mass is 260 g/mol. The first-order chi connectivity index (χ1) is 7.55. The molecule has 4 heteroatoms.